The first-order chi connectivity index (χ1) is 14.6. The number of amides is 1. The normalized spacial score (nSPS) is 17.5. The van der Waals surface area contributed by atoms with Crippen molar-refractivity contribution in [1.82, 2.24) is 4.90 Å². The van der Waals surface area contributed by atoms with Gasteiger partial charge in [0.05, 0.1) is 11.2 Å². The molecule has 0 saturated carbocycles. The van der Waals surface area contributed by atoms with Gasteiger partial charge in [-0.25, -0.2) is 0 Å². The number of piperidine rings is 1. The first kappa shape index (κ1) is 20.0. The second kappa shape index (κ2) is 9.02. The molecule has 8 nitrogen and oxygen atoms in total. The van der Waals surface area contributed by atoms with Crippen molar-refractivity contribution in [1.29, 1.82) is 0 Å². The number of hydrogen-bond donors (Lipinski definition) is 0. The SMILES string of the molecule is O=C(C=Cc1ccco1)N1CCN(c2ccc([N+](=O)[O-])c(N3CCCCC3)c2)CC1. The monoisotopic (exact) mass is 410 g/mol. The van der Waals surface area contributed by atoms with Gasteiger partial charge in [-0.15, -0.1) is 0 Å². The van der Waals surface area contributed by atoms with Crippen molar-refractivity contribution >= 4 is 29.0 Å². The van der Waals surface area contributed by atoms with E-state index in [2.05, 4.69) is 9.80 Å². The Bertz CT molecular complexity index is 911. The molecule has 2 aliphatic heterocycles. The number of nitrogens with zero attached hydrogens (tertiary/aromatic N) is 4. The molecule has 30 heavy (non-hydrogen) atoms. The van der Waals surface area contributed by atoms with Gasteiger partial charge in [0, 0.05) is 57.1 Å². The van der Waals surface area contributed by atoms with Crippen molar-refractivity contribution in [3.05, 3.63) is 58.5 Å². The molecule has 0 radical (unpaired) electrons. The van der Waals surface area contributed by atoms with Gasteiger partial charge in [0.2, 0.25) is 5.91 Å². The lowest BCUT2D eigenvalue weighted by Crippen LogP contribution is -2.48. The molecule has 2 aliphatic rings. The number of hydrogen-bond acceptors (Lipinski definition) is 6. The van der Waals surface area contributed by atoms with E-state index in [0.29, 0.717) is 37.6 Å². The van der Waals surface area contributed by atoms with Gasteiger partial charge >= 0.3 is 0 Å². The van der Waals surface area contributed by atoms with E-state index in [9.17, 15) is 14.9 Å². The smallest absolute Gasteiger partial charge is 0.292 e. The molecule has 1 amide bonds. The molecule has 4 rings (SSSR count). The molecule has 0 N–H and O–H groups in total. The average Bonchev–Trinajstić information content (AvgIpc) is 3.31. The largest absolute Gasteiger partial charge is 0.465 e. The lowest BCUT2D eigenvalue weighted by atomic mass is 10.1. The van der Waals surface area contributed by atoms with E-state index in [4.69, 9.17) is 4.42 Å². The number of rotatable bonds is 5. The third kappa shape index (κ3) is 4.48. The van der Waals surface area contributed by atoms with E-state index in [1.165, 1.54) is 12.5 Å². The first-order valence-electron chi connectivity index (χ1n) is 10.4. The Morgan fingerprint density at radius 1 is 1.00 bits per heavy atom. The number of benzene rings is 1. The molecule has 0 aliphatic carbocycles. The molecule has 2 saturated heterocycles. The Morgan fingerprint density at radius 3 is 2.43 bits per heavy atom. The maximum absolute atomic E-state index is 12.4. The summed E-state index contributed by atoms with van der Waals surface area (Å²) in [6.45, 7) is 4.31. The zero-order valence-electron chi connectivity index (χ0n) is 16.9. The van der Waals surface area contributed by atoms with Crippen molar-refractivity contribution in [2.24, 2.45) is 0 Å². The predicted octanol–water partition coefficient (Wildman–Crippen LogP) is 3.54. The molecule has 1 aromatic heterocycles. The number of nitro groups is 1. The topological polar surface area (TPSA) is 83.1 Å². The molecular formula is C22H26N4O4. The van der Waals surface area contributed by atoms with Crippen molar-refractivity contribution in [3.63, 3.8) is 0 Å². The molecule has 8 heteroatoms. The highest BCUT2D eigenvalue weighted by atomic mass is 16.6. The van der Waals surface area contributed by atoms with Gasteiger partial charge in [0.25, 0.3) is 5.69 Å². The highest BCUT2D eigenvalue weighted by molar-refractivity contribution is 5.91. The van der Waals surface area contributed by atoms with Gasteiger partial charge in [-0.1, -0.05) is 0 Å². The molecule has 2 fully saturated rings. The molecule has 0 unspecified atom stereocenters. The van der Waals surface area contributed by atoms with Gasteiger partial charge in [0.15, 0.2) is 0 Å². The zero-order valence-corrected chi connectivity index (χ0v) is 16.9. The molecule has 0 atom stereocenters. The van der Waals surface area contributed by atoms with Crippen LogP contribution in [0.4, 0.5) is 17.1 Å². The third-order valence-corrected chi connectivity index (χ3v) is 5.74. The van der Waals surface area contributed by atoms with E-state index < -0.39 is 0 Å². The van der Waals surface area contributed by atoms with Crippen LogP contribution in [0.2, 0.25) is 0 Å². The predicted molar refractivity (Wildman–Crippen MR) is 116 cm³/mol. The minimum atomic E-state index is -0.296. The lowest BCUT2D eigenvalue weighted by Gasteiger charge is -2.36. The molecule has 2 aromatic rings. The van der Waals surface area contributed by atoms with Crippen molar-refractivity contribution in [3.8, 4) is 0 Å². The number of carbonyl (C=O) groups is 1. The summed E-state index contributed by atoms with van der Waals surface area (Å²) in [5.41, 5.74) is 1.84. The fourth-order valence-electron chi connectivity index (χ4n) is 4.08. The highest BCUT2D eigenvalue weighted by Gasteiger charge is 2.25. The van der Waals surface area contributed by atoms with Crippen LogP contribution in [0, 0.1) is 10.1 Å². The second-order valence-corrected chi connectivity index (χ2v) is 7.64. The van der Waals surface area contributed by atoms with E-state index in [1.807, 2.05) is 17.0 Å². The lowest BCUT2D eigenvalue weighted by molar-refractivity contribution is -0.384. The van der Waals surface area contributed by atoms with Crippen molar-refractivity contribution < 1.29 is 14.1 Å². The summed E-state index contributed by atoms with van der Waals surface area (Å²) < 4.78 is 5.22. The Balaban J connectivity index is 1.42. The number of furan rings is 1. The highest BCUT2D eigenvalue weighted by Crippen LogP contribution is 2.34. The summed E-state index contributed by atoms with van der Waals surface area (Å²) in [6, 6.07) is 8.96. The van der Waals surface area contributed by atoms with Gasteiger partial charge < -0.3 is 19.1 Å². The molecule has 3 heterocycles. The Hall–Kier alpha value is -3.29. The van der Waals surface area contributed by atoms with Gasteiger partial charge in [0.1, 0.15) is 11.4 Å². The number of anilines is 2. The summed E-state index contributed by atoms with van der Waals surface area (Å²) >= 11 is 0. The van der Waals surface area contributed by atoms with Crippen LogP contribution in [0.1, 0.15) is 25.0 Å². The fourth-order valence-corrected chi connectivity index (χ4v) is 4.08. The summed E-state index contributed by atoms with van der Waals surface area (Å²) in [5, 5.41) is 11.5. The fraction of sp³-hybridized carbons (Fsp3) is 0.409. The summed E-state index contributed by atoms with van der Waals surface area (Å²) in [6.07, 6.45) is 8.09. The van der Waals surface area contributed by atoms with Crippen LogP contribution in [0.15, 0.2) is 47.1 Å². The molecular weight excluding hydrogens is 384 g/mol. The minimum absolute atomic E-state index is 0.0382. The first-order valence-corrected chi connectivity index (χ1v) is 10.4. The molecule has 158 valence electrons. The van der Waals surface area contributed by atoms with Gasteiger partial charge in [-0.05, 0) is 49.6 Å². The van der Waals surface area contributed by atoms with E-state index >= 15 is 0 Å². The second-order valence-electron chi connectivity index (χ2n) is 7.64. The molecule has 1 aromatic carbocycles. The van der Waals surface area contributed by atoms with Crippen LogP contribution in [-0.4, -0.2) is 55.0 Å². The standard InChI is InChI=1S/C22H26N4O4/c27-22(9-7-19-5-4-16-30-19)25-14-12-23(13-15-25)18-6-8-20(26(28)29)21(17-18)24-10-2-1-3-11-24/h4-9,16-17H,1-3,10-15H2. The maximum Gasteiger partial charge on any atom is 0.292 e. The van der Waals surface area contributed by atoms with Gasteiger partial charge in [-0.3, -0.25) is 14.9 Å². The van der Waals surface area contributed by atoms with Crippen LogP contribution in [0.3, 0.4) is 0 Å². The van der Waals surface area contributed by atoms with Crippen LogP contribution < -0.4 is 9.80 Å². The van der Waals surface area contributed by atoms with E-state index in [0.717, 1.165) is 31.6 Å². The summed E-state index contributed by atoms with van der Waals surface area (Å²) in [4.78, 5) is 29.8. The van der Waals surface area contributed by atoms with E-state index in [-0.39, 0.29) is 16.5 Å². The Kier molecular flexibility index (Phi) is 6.02. The van der Waals surface area contributed by atoms with Crippen LogP contribution in [0.25, 0.3) is 6.08 Å². The Morgan fingerprint density at radius 2 is 1.77 bits per heavy atom. The third-order valence-electron chi connectivity index (χ3n) is 5.74. The maximum atomic E-state index is 12.4. The molecule has 0 bridgehead atoms. The van der Waals surface area contributed by atoms with Crippen LogP contribution >= 0.6 is 0 Å². The van der Waals surface area contributed by atoms with Crippen molar-refractivity contribution in [2.75, 3.05) is 49.1 Å². The summed E-state index contributed by atoms with van der Waals surface area (Å²) in [7, 11) is 0. The van der Waals surface area contributed by atoms with Gasteiger partial charge in [-0.2, -0.15) is 0 Å². The molecule has 0 spiro atoms. The summed E-state index contributed by atoms with van der Waals surface area (Å²) in [5.74, 6) is 0.613. The van der Waals surface area contributed by atoms with E-state index in [1.54, 1.807) is 30.5 Å². The number of nitro benzene ring substituents is 1. The average molecular weight is 410 g/mol. The zero-order chi connectivity index (χ0) is 20.9. The Labute approximate surface area is 175 Å². The van der Waals surface area contributed by atoms with Crippen LogP contribution in [-0.2, 0) is 4.79 Å². The minimum Gasteiger partial charge on any atom is -0.465 e. The van der Waals surface area contributed by atoms with Crippen LogP contribution in [0.5, 0.6) is 0 Å². The number of piperazine rings is 1. The number of carbonyl (C=O) groups excluding carboxylic acids is 1. The quantitative estimate of drug-likeness (QED) is 0.426. The van der Waals surface area contributed by atoms with Crippen molar-refractivity contribution in [2.45, 2.75) is 19.3 Å².